The van der Waals surface area contributed by atoms with Gasteiger partial charge in [0.1, 0.15) is 5.69 Å². The van der Waals surface area contributed by atoms with Gasteiger partial charge in [0, 0.05) is 37.3 Å². The Hall–Kier alpha value is -3.55. The van der Waals surface area contributed by atoms with Gasteiger partial charge >= 0.3 is 0 Å². The predicted octanol–water partition coefficient (Wildman–Crippen LogP) is 3.21. The lowest BCUT2D eigenvalue weighted by Gasteiger charge is -2.37. The second-order valence-corrected chi connectivity index (χ2v) is 8.13. The highest BCUT2D eigenvalue weighted by molar-refractivity contribution is 5.88. The molecule has 2 aromatic heterocycles. The number of hydrogen-bond acceptors (Lipinski definition) is 6. The van der Waals surface area contributed by atoms with Crippen molar-refractivity contribution in [3.63, 3.8) is 0 Å². The summed E-state index contributed by atoms with van der Waals surface area (Å²) >= 11 is 0. The van der Waals surface area contributed by atoms with E-state index in [1.807, 2.05) is 47.4 Å². The Bertz CT molecular complexity index is 1050. The Balaban J connectivity index is 1.35. The molecule has 0 radical (unpaired) electrons. The fourth-order valence-electron chi connectivity index (χ4n) is 3.73. The number of piperidine rings is 1. The van der Waals surface area contributed by atoms with E-state index >= 15 is 0 Å². The lowest BCUT2D eigenvalue weighted by atomic mass is 9.79. The first-order valence-electron chi connectivity index (χ1n) is 10.3. The molecule has 31 heavy (non-hydrogen) atoms. The Kier molecular flexibility index (Phi) is 5.79. The molecule has 0 saturated carbocycles. The highest BCUT2D eigenvalue weighted by Crippen LogP contribution is 2.34. The van der Waals surface area contributed by atoms with Crippen molar-refractivity contribution in [2.24, 2.45) is 0 Å². The molecule has 0 aliphatic carbocycles. The smallest absolute Gasteiger partial charge is 0.276 e. The first-order chi connectivity index (χ1) is 14.9. The van der Waals surface area contributed by atoms with Crippen molar-refractivity contribution in [3.8, 4) is 11.6 Å². The second kappa shape index (κ2) is 8.67. The second-order valence-electron chi connectivity index (χ2n) is 8.13. The van der Waals surface area contributed by atoms with Crippen LogP contribution in [0.25, 0.3) is 11.6 Å². The topological polar surface area (TPSA) is 101 Å². The van der Waals surface area contributed by atoms with Crippen molar-refractivity contribution < 1.29 is 14.1 Å². The van der Waals surface area contributed by atoms with Crippen molar-refractivity contribution in [2.45, 2.75) is 38.5 Å². The highest BCUT2D eigenvalue weighted by atomic mass is 16.5. The standard InChI is InChI=1S/C23H25N5O3/c1-16(29)25-18-8-6-17(7-9-18)15-20(30)28-13-10-23(2,11-14-28)22-26-21(31-27-22)19-5-3-4-12-24-19/h3-9,12H,10-11,13-15H2,1-2H3,(H,25,29). The fourth-order valence-corrected chi connectivity index (χ4v) is 3.73. The molecule has 0 unspecified atom stereocenters. The first kappa shape index (κ1) is 20.7. The van der Waals surface area contributed by atoms with Gasteiger partial charge in [0.05, 0.1) is 6.42 Å². The van der Waals surface area contributed by atoms with Crippen molar-refractivity contribution in [3.05, 3.63) is 60.0 Å². The van der Waals surface area contributed by atoms with Gasteiger partial charge < -0.3 is 14.7 Å². The number of benzene rings is 1. The van der Waals surface area contributed by atoms with Crippen LogP contribution in [0.4, 0.5) is 5.69 Å². The van der Waals surface area contributed by atoms with Crippen LogP contribution in [0.1, 0.15) is 38.1 Å². The Morgan fingerprint density at radius 2 is 1.87 bits per heavy atom. The molecule has 0 bridgehead atoms. The van der Waals surface area contributed by atoms with E-state index in [1.165, 1.54) is 6.92 Å². The van der Waals surface area contributed by atoms with Gasteiger partial charge in [0.15, 0.2) is 5.82 Å². The number of amides is 2. The van der Waals surface area contributed by atoms with Crippen LogP contribution in [0.5, 0.6) is 0 Å². The molecule has 1 saturated heterocycles. The van der Waals surface area contributed by atoms with E-state index in [4.69, 9.17) is 4.52 Å². The average molecular weight is 419 g/mol. The van der Waals surface area contributed by atoms with E-state index in [1.54, 1.807) is 6.20 Å². The van der Waals surface area contributed by atoms with Crippen molar-refractivity contribution in [1.82, 2.24) is 20.0 Å². The molecular formula is C23H25N5O3. The van der Waals surface area contributed by atoms with Gasteiger partial charge in [-0.3, -0.25) is 14.6 Å². The summed E-state index contributed by atoms with van der Waals surface area (Å²) in [6.07, 6.45) is 3.56. The van der Waals surface area contributed by atoms with E-state index in [0.29, 0.717) is 36.9 Å². The molecule has 4 rings (SSSR count). The minimum atomic E-state index is -0.243. The lowest BCUT2D eigenvalue weighted by Crippen LogP contribution is -2.44. The number of anilines is 1. The van der Waals surface area contributed by atoms with E-state index in [2.05, 4.69) is 27.4 Å². The zero-order valence-electron chi connectivity index (χ0n) is 17.7. The third kappa shape index (κ3) is 4.79. The van der Waals surface area contributed by atoms with Crippen molar-refractivity contribution in [1.29, 1.82) is 0 Å². The van der Waals surface area contributed by atoms with Gasteiger partial charge in [-0.25, -0.2) is 0 Å². The first-order valence-corrected chi connectivity index (χ1v) is 10.3. The maximum atomic E-state index is 12.8. The maximum Gasteiger partial charge on any atom is 0.276 e. The summed E-state index contributed by atoms with van der Waals surface area (Å²) in [5.41, 5.74) is 2.06. The third-order valence-electron chi connectivity index (χ3n) is 5.70. The van der Waals surface area contributed by atoms with Crippen LogP contribution < -0.4 is 5.32 Å². The molecule has 0 atom stereocenters. The number of rotatable bonds is 5. The molecule has 1 aromatic carbocycles. The number of nitrogens with zero attached hydrogens (tertiary/aromatic N) is 4. The Morgan fingerprint density at radius 1 is 1.13 bits per heavy atom. The van der Waals surface area contributed by atoms with Gasteiger partial charge in [-0.05, 0) is 42.7 Å². The van der Waals surface area contributed by atoms with Gasteiger partial charge in [0.2, 0.25) is 11.8 Å². The van der Waals surface area contributed by atoms with Gasteiger partial charge in [0.25, 0.3) is 5.89 Å². The molecule has 1 aliphatic heterocycles. The highest BCUT2D eigenvalue weighted by Gasteiger charge is 2.37. The van der Waals surface area contributed by atoms with Crippen LogP contribution >= 0.6 is 0 Å². The molecule has 2 amide bonds. The Labute approximate surface area is 180 Å². The number of carbonyl (C=O) groups excluding carboxylic acids is 2. The number of aromatic nitrogens is 3. The lowest BCUT2D eigenvalue weighted by molar-refractivity contribution is -0.132. The van der Waals surface area contributed by atoms with E-state index in [-0.39, 0.29) is 17.2 Å². The summed E-state index contributed by atoms with van der Waals surface area (Å²) in [6.45, 7) is 4.87. The van der Waals surface area contributed by atoms with Crippen LogP contribution in [0.15, 0.2) is 53.2 Å². The van der Waals surface area contributed by atoms with Crippen LogP contribution in [0.3, 0.4) is 0 Å². The molecule has 1 fully saturated rings. The van der Waals surface area contributed by atoms with Gasteiger partial charge in [-0.1, -0.05) is 30.3 Å². The molecule has 3 heterocycles. The number of pyridine rings is 1. The van der Waals surface area contributed by atoms with Gasteiger partial charge in [-0.2, -0.15) is 4.98 Å². The number of nitrogens with one attached hydrogen (secondary N) is 1. The zero-order valence-corrected chi connectivity index (χ0v) is 17.7. The molecule has 8 nitrogen and oxygen atoms in total. The fraction of sp³-hybridized carbons (Fsp3) is 0.348. The summed E-state index contributed by atoms with van der Waals surface area (Å²) < 4.78 is 5.43. The molecule has 1 aliphatic rings. The SMILES string of the molecule is CC(=O)Nc1ccc(CC(=O)N2CCC(C)(c3noc(-c4ccccn4)n3)CC2)cc1. The summed E-state index contributed by atoms with van der Waals surface area (Å²) in [5, 5.41) is 6.92. The van der Waals surface area contributed by atoms with Gasteiger partial charge in [-0.15, -0.1) is 0 Å². The molecule has 160 valence electrons. The van der Waals surface area contributed by atoms with Crippen LogP contribution in [-0.4, -0.2) is 44.9 Å². The number of carbonyl (C=O) groups is 2. The summed E-state index contributed by atoms with van der Waals surface area (Å²) in [7, 11) is 0. The molecule has 3 aromatic rings. The maximum absolute atomic E-state index is 12.8. The monoisotopic (exact) mass is 419 g/mol. The zero-order chi connectivity index (χ0) is 21.8. The van der Waals surface area contributed by atoms with Crippen molar-refractivity contribution >= 4 is 17.5 Å². The van der Waals surface area contributed by atoms with E-state index < -0.39 is 0 Å². The number of likely N-dealkylation sites (tertiary alicyclic amines) is 1. The minimum absolute atomic E-state index is 0.0941. The largest absolute Gasteiger partial charge is 0.342 e. The minimum Gasteiger partial charge on any atom is -0.342 e. The number of hydrogen-bond donors (Lipinski definition) is 1. The summed E-state index contributed by atoms with van der Waals surface area (Å²) in [5.74, 6) is 1.05. The van der Waals surface area contributed by atoms with E-state index in [0.717, 1.165) is 24.1 Å². The third-order valence-corrected chi connectivity index (χ3v) is 5.70. The van der Waals surface area contributed by atoms with Crippen LogP contribution in [-0.2, 0) is 21.4 Å². The van der Waals surface area contributed by atoms with E-state index in [9.17, 15) is 9.59 Å². The summed E-state index contributed by atoms with van der Waals surface area (Å²) in [4.78, 5) is 34.6. The quantitative estimate of drug-likeness (QED) is 0.681. The normalized spacial score (nSPS) is 15.5. The molecule has 0 spiro atoms. The Morgan fingerprint density at radius 3 is 2.52 bits per heavy atom. The molecule has 8 heteroatoms. The average Bonchev–Trinajstić information content (AvgIpc) is 3.27. The predicted molar refractivity (Wildman–Crippen MR) is 115 cm³/mol. The summed E-state index contributed by atoms with van der Waals surface area (Å²) in [6, 6.07) is 12.9. The van der Waals surface area contributed by atoms with Crippen molar-refractivity contribution in [2.75, 3.05) is 18.4 Å². The molecule has 1 N–H and O–H groups in total. The van der Waals surface area contributed by atoms with Crippen LogP contribution in [0, 0.1) is 0 Å². The molecular weight excluding hydrogens is 394 g/mol. The van der Waals surface area contributed by atoms with Crippen LogP contribution in [0.2, 0.25) is 0 Å².